The number of aromatic nitrogens is 1. The normalized spacial score (nSPS) is 15.7. The first kappa shape index (κ1) is 20.4. The van der Waals surface area contributed by atoms with Crippen LogP contribution in [0, 0.1) is 13.8 Å². The number of nitrogens with zero attached hydrogens (tertiary/aromatic N) is 2. The Labute approximate surface area is 180 Å². The molecule has 2 heterocycles. The molecule has 0 N–H and O–H groups in total. The summed E-state index contributed by atoms with van der Waals surface area (Å²) in [6.07, 6.45) is 1.83. The van der Waals surface area contributed by atoms with Crippen molar-refractivity contribution >= 4 is 39.8 Å². The number of carbonyl (C=O) groups excluding carboxylic acids is 2. The molecule has 4 rings (SSSR count). The van der Waals surface area contributed by atoms with E-state index in [1.807, 2.05) is 68.5 Å². The fourth-order valence-corrected chi connectivity index (χ4v) is 4.63. The van der Waals surface area contributed by atoms with E-state index in [1.54, 1.807) is 7.11 Å². The fourth-order valence-electron chi connectivity index (χ4n) is 3.80. The zero-order valence-electron chi connectivity index (χ0n) is 17.3. The third-order valence-corrected chi connectivity index (χ3v) is 6.35. The molecule has 30 heavy (non-hydrogen) atoms. The lowest BCUT2D eigenvalue weighted by Gasteiger charge is -2.13. The number of thioether (sulfide) groups is 1. The van der Waals surface area contributed by atoms with Gasteiger partial charge in [-0.25, -0.2) is 0 Å². The number of methoxy groups -OCH3 is 1. The largest absolute Gasteiger partial charge is 0.383 e. The molecule has 1 fully saturated rings. The molecule has 2 amide bonds. The second kappa shape index (κ2) is 8.50. The Hall–Kier alpha value is -2.83. The van der Waals surface area contributed by atoms with E-state index in [2.05, 4.69) is 4.57 Å². The molecule has 0 radical (unpaired) electrons. The van der Waals surface area contributed by atoms with Crippen LogP contribution >= 0.6 is 11.8 Å². The van der Waals surface area contributed by atoms with Crippen molar-refractivity contribution in [2.24, 2.45) is 0 Å². The maximum atomic E-state index is 13.0. The van der Waals surface area contributed by atoms with Crippen molar-refractivity contribution in [3.8, 4) is 0 Å². The maximum absolute atomic E-state index is 13.0. The highest BCUT2D eigenvalue weighted by Gasteiger charge is 2.35. The van der Waals surface area contributed by atoms with E-state index in [4.69, 9.17) is 4.74 Å². The number of ether oxygens (including phenoxy) is 1. The molecule has 154 valence electrons. The van der Waals surface area contributed by atoms with Gasteiger partial charge in [0, 0.05) is 25.0 Å². The second-order valence-corrected chi connectivity index (χ2v) is 8.41. The maximum Gasteiger partial charge on any atom is 0.293 e. The van der Waals surface area contributed by atoms with Gasteiger partial charge in [-0.3, -0.25) is 14.5 Å². The van der Waals surface area contributed by atoms with Crippen molar-refractivity contribution in [3.05, 3.63) is 76.0 Å². The molecular weight excluding hydrogens is 396 g/mol. The van der Waals surface area contributed by atoms with Gasteiger partial charge in [0.25, 0.3) is 11.1 Å². The van der Waals surface area contributed by atoms with E-state index in [0.717, 1.165) is 51.6 Å². The Morgan fingerprint density at radius 3 is 2.57 bits per heavy atom. The van der Waals surface area contributed by atoms with Gasteiger partial charge in [0.15, 0.2) is 0 Å². The molecular formula is C24H24N2O3S. The first-order valence-electron chi connectivity index (χ1n) is 9.86. The highest BCUT2D eigenvalue weighted by molar-refractivity contribution is 8.18. The van der Waals surface area contributed by atoms with Gasteiger partial charge >= 0.3 is 0 Å². The average molecular weight is 421 g/mol. The van der Waals surface area contributed by atoms with Gasteiger partial charge in [-0.2, -0.15) is 0 Å². The number of aryl methyl sites for hydroxylation is 1. The SMILES string of the molecule is COCCn1c(C)cc(/C=C2\SC(=O)N(Cc3ccc4ccccc4c3)C2=O)c1C. The Kier molecular flexibility index (Phi) is 5.79. The van der Waals surface area contributed by atoms with E-state index >= 15 is 0 Å². The molecule has 0 saturated carbocycles. The van der Waals surface area contributed by atoms with Crippen LogP contribution in [0.3, 0.4) is 0 Å². The number of hydrogen-bond donors (Lipinski definition) is 0. The van der Waals surface area contributed by atoms with Crippen molar-refractivity contribution in [1.29, 1.82) is 0 Å². The third-order valence-electron chi connectivity index (χ3n) is 5.45. The smallest absolute Gasteiger partial charge is 0.293 e. The minimum Gasteiger partial charge on any atom is -0.383 e. The number of amides is 2. The summed E-state index contributed by atoms with van der Waals surface area (Å²) in [7, 11) is 1.68. The lowest BCUT2D eigenvalue weighted by molar-refractivity contribution is -0.123. The third kappa shape index (κ3) is 3.93. The summed E-state index contributed by atoms with van der Waals surface area (Å²) in [6.45, 7) is 5.71. The molecule has 0 aliphatic carbocycles. The number of rotatable bonds is 6. The van der Waals surface area contributed by atoms with Gasteiger partial charge in [0.2, 0.25) is 0 Å². The zero-order chi connectivity index (χ0) is 21.3. The quantitative estimate of drug-likeness (QED) is 0.518. The monoisotopic (exact) mass is 420 g/mol. The molecule has 2 aromatic carbocycles. The molecule has 0 atom stereocenters. The second-order valence-electron chi connectivity index (χ2n) is 7.42. The van der Waals surface area contributed by atoms with Crippen LogP contribution in [0.1, 0.15) is 22.5 Å². The van der Waals surface area contributed by atoms with Crippen LogP contribution in [0.5, 0.6) is 0 Å². The topological polar surface area (TPSA) is 51.5 Å². The van der Waals surface area contributed by atoms with Crippen molar-refractivity contribution < 1.29 is 14.3 Å². The number of hydrogen-bond acceptors (Lipinski definition) is 4. The van der Waals surface area contributed by atoms with Crippen LogP contribution in [0.15, 0.2) is 53.4 Å². The van der Waals surface area contributed by atoms with E-state index in [9.17, 15) is 9.59 Å². The van der Waals surface area contributed by atoms with Crippen LogP contribution in [0.25, 0.3) is 16.8 Å². The van der Waals surface area contributed by atoms with E-state index in [1.165, 1.54) is 4.90 Å². The van der Waals surface area contributed by atoms with Gasteiger partial charge in [-0.15, -0.1) is 0 Å². The van der Waals surface area contributed by atoms with Crippen molar-refractivity contribution in [1.82, 2.24) is 9.47 Å². The summed E-state index contributed by atoms with van der Waals surface area (Å²) in [5, 5.41) is 2.01. The minimum absolute atomic E-state index is 0.229. The minimum atomic E-state index is -0.236. The molecule has 1 aliphatic heterocycles. The van der Waals surface area contributed by atoms with Crippen LogP contribution in [-0.4, -0.2) is 34.3 Å². The molecule has 3 aromatic rings. The Morgan fingerprint density at radius 2 is 1.80 bits per heavy atom. The Bertz CT molecular complexity index is 1160. The van der Waals surface area contributed by atoms with Crippen LogP contribution in [-0.2, 0) is 22.6 Å². The number of fused-ring (bicyclic) bond motifs is 1. The first-order chi connectivity index (χ1) is 14.5. The average Bonchev–Trinajstić information content (AvgIpc) is 3.16. The molecule has 5 nitrogen and oxygen atoms in total. The first-order valence-corrected chi connectivity index (χ1v) is 10.7. The summed E-state index contributed by atoms with van der Waals surface area (Å²) >= 11 is 1.01. The predicted octanol–water partition coefficient (Wildman–Crippen LogP) is 5.14. The highest BCUT2D eigenvalue weighted by atomic mass is 32.2. The molecule has 1 aliphatic rings. The lowest BCUT2D eigenvalue weighted by atomic mass is 10.1. The molecule has 0 bridgehead atoms. The zero-order valence-corrected chi connectivity index (χ0v) is 18.2. The molecule has 1 aromatic heterocycles. The van der Waals surface area contributed by atoms with Gasteiger partial charge < -0.3 is 9.30 Å². The number of benzene rings is 2. The summed E-state index contributed by atoms with van der Waals surface area (Å²) in [4.78, 5) is 27.3. The van der Waals surface area contributed by atoms with Crippen LogP contribution in [0.4, 0.5) is 4.79 Å². The summed E-state index contributed by atoms with van der Waals surface area (Å²) < 4.78 is 7.34. The van der Waals surface area contributed by atoms with Gasteiger partial charge in [-0.1, -0.05) is 36.4 Å². The highest BCUT2D eigenvalue weighted by Crippen LogP contribution is 2.34. The van der Waals surface area contributed by atoms with Gasteiger partial charge in [0.05, 0.1) is 18.1 Å². The van der Waals surface area contributed by atoms with Crippen molar-refractivity contribution in [2.75, 3.05) is 13.7 Å². The fraction of sp³-hybridized carbons (Fsp3) is 0.250. The van der Waals surface area contributed by atoms with Crippen LogP contribution in [0.2, 0.25) is 0 Å². The van der Waals surface area contributed by atoms with E-state index in [0.29, 0.717) is 11.5 Å². The van der Waals surface area contributed by atoms with Gasteiger partial charge in [0.1, 0.15) is 0 Å². The Balaban J connectivity index is 1.56. The lowest BCUT2D eigenvalue weighted by Crippen LogP contribution is -2.27. The predicted molar refractivity (Wildman–Crippen MR) is 121 cm³/mol. The van der Waals surface area contributed by atoms with Crippen molar-refractivity contribution in [3.63, 3.8) is 0 Å². The summed E-state index contributed by atoms with van der Waals surface area (Å²) in [5.41, 5.74) is 4.06. The summed E-state index contributed by atoms with van der Waals surface area (Å²) in [5.74, 6) is -0.236. The molecule has 0 spiro atoms. The standard InChI is InChI=1S/C24H24N2O3S/c1-16-12-21(17(2)25(16)10-11-29-3)14-22-23(27)26(24(28)30-22)15-18-8-9-19-6-4-5-7-20(19)13-18/h4-9,12-14H,10-11,15H2,1-3H3/b22-14-. The number of imide groups is 1. The molecule has 6 heteroatoms. The molecule has 0 unspecified atom stereocenters. The number of carbonyl (C=O) groups is 2. The van der Waals surface area contributed by atoms with E-state index < -0.39 is 0 Å². The van der Waals surface area contributed by atoms with Crippen LogP contribution < -0.4 is 0 Å². The van der Waals surface area contributed by atoms with Gasteiger partial charge in [-0.05, 0) is 65.7 Å². The van der Waals surface area contributed by atoms with Crippen molar-refractivity contribution in [2.45, 2.75) is 26.9 Å². The Morgan fingerprint density at radius 1 is 1.03 bits per heavy atom. The van der Waals surface area contributed by atoms with E-state index in [-0.39, 0.29) is 17.7 Å². The molecule has 1 saturated heterocycles. The summed E-state index contributed by atoms with van der Waals surface area (Å²) in [6, 6.07) is 16.1.